The number of hydrogen-bond donors (Lipinski definition) is 2. The van der Waals surface area contributed by atoms with Crippen LogP contribution in [0.15, 0.2) is 22.6 Å². The van der Waals surface area contributed by atoms with Gasteiger partial charge in [-0.15, -0.1) is 0 Å². The molecule has 0 radical (unpaired) electrons. The zero-order valence-electron chi connectivity index (χ0n) is 20.5. The fourth-order valence-electron chi connectivity index (χ4n) is 4.11. The van der Waals surface area contributed by atoms with Gasteiger partial charge in [-0.1, -0.05) is 0 Å². The highest BCUT2D eigenvalue weighted by Crippen LogP contribution is 2.37. The molecular formula is C25H30F2N4O6. The van der Waals surface area contributed by atoms with Gasteiger partial charge in [0.05, 0.1) is 18.7 Å². The van der Waals surface area contributed by atoms with Crippen molar-refractivity contribution in [2.24, 2.45) is 11.7 Å². The normalized spacial score (nSPS) is 20.1. The third-order valence-electron chi connectivity index (χ3n) is 6.44. The number of carbonyl (C=O) groups excluding carboxylic acids is 2. The van der Waals surface area contributed by atoms with E-state index in [0.29, 0.717) is 37.6 Å². The fourth-order valence-corrected chi connectivity index (χ4v) is 4.11. The molecule has 0 spiro atoms. The van der Waals surface area contributed by atoms with E-state index in [1.165, 1.54) is 18.2 Å². The number of halogens is 2. The summed E-state index contributed by atoms with van der Waals surface area (Å²) in [5, 5.41) is 2.80. The van der Waals surface area contributed by atoms with Crippen LogP contribution in [0.25, 0.3) is 11.5 Å². The van der Waals surface area contributed by atoms with Gasteiger partial charge in [0.2, 0.25) is 5.89 Å². The Balaban J connectivity index is 1.33. The summed E-state index contributed by atoms with van der Waals surface area (Å²) in [6.45, 7) is -0.210. The van der Waals surface area contributed by atoms with Crippen molar-refractivity contribution < 1.29 is 37.0 Å². The SMILES string of the molecule is C[C@H](N)c1oc(-c2ccc(OC(F)F)c(OCC3CC3)c2)nc1C(=O)N1CC[C@@H](NC(=O)OC2CC2)C1. The second-order valence-corrected chi connectivity index (χ2v) is 9.80. The molecule has 3 N–H and O–H groups in total. The number of ether oxygens (including phenoxy) is 3. The summed E-state index contributed by atoms with van der Waals surface area (Å²) in [5.41, 5.74) is 6.58. The Morgan fingerprint density at radius 3 is 2.68 bits per heavy atom. The van der Waals surface area contributed by atoms with Crippen molar-refractivity contribution in [1.82, 2.24) is 15.2 Å². The van der Waals surface area contributed by atoms with Gasteiger partial charge in [-0.25, -0.2) is 9.78 Å². The van der Waals surface area contributed by atoms with E-state index in [9.17, 15) is 18.4 Å². The quantitative estimate of drug-likeness (QED) is 0.483. The summed E-state index contributed by atoms with van der Waals surface area (Å²) in [4.78, 5) is 31.3. The first-order valence-electron chi connectivity index (χ1n) is 12.5. The predicted molar refractivity (Wildman–Crippen MR) is 126 cm³/mol. The summed E-state index contributed by atoms with van der Waals surface area (Å²) in [5.74, 6) is 0.392. The van der Waals surface area contributed by atoms with Gasteiger partial charge in [-0.05, 0) is 63.1 Å². The van der Waals surface area contributed by atoms with E-state index in [1.807, 2.05) is 0 Å². The molecule has 1 aliphatic heterocycles. The lowest BCUT2D eigenvalue weighted by Crippen LogP contribution is -2.39. The zero-order valence-corrected chi connectivity index (χ0v) is 20.5. The number of hydrogen-bond acceptors (Lipinski definition) is 8. The van der Waals surface area contributed by atoms with Crippen molar-refractivity contribution in [2.75, 3.05) is 19.7 Å². The first-order valence-corrected chi connectivity index (χ1v) is 12.5. The maximum absolute atomic E-state index is 13.3. The van der Waals surface area contributed by atoms with E-state index in [4.69, 9.17) is 19.6 Å². The molecule has 200 valence electrons. The Kier molecular flexibility index (Phi) is 7.18. The summed E-state index contributed by atoms with van der Waals surface area (Å²) in [6.07, 6.45) is 3.93. The van der Waals surface area contributed by atoms with Crippen LogP contribution in [0.5, 0.6) is 11.5 Å². The van der Waals surface area contributed by atoms with Crippen LogP contribution < -0.4 is 20.5 Å². The van der Waals surface area contributed by atoms with Gasteiger partial charge in [0.25, 0.3) is 5.91 Å². The van der Waals surface area contributed by atoms with E-state index in [-0.39, 0.29) is 46.9 Å². The molecule has 3 fully saturated rings. The lowest BCUT2D eigenvalue weighted by molar-refractivity contribution is -0.0515. The van der Waals surface area contributed by atoms with Crippen LogP contribution in [0, 0.1) is 5.92 Å². The molecule has 2 amide bonds. The van der Waals surface area contributed by atoms with Gasteiger partial charge in [-0.2, -0.15) is 8.78 Å². The van der Waals surface area contributed by atoms with E-state index in [0.717, 1.165) is 25.7 Å². The Morgan fingerprint density at radius 2 is 2.00 bits per heavy atom. The Bertz CT molecular complexity index is 1150. The average Bonchev–Trinajstić information content (AvgIpc) is 3.76. The molecule has 37 heavy (non-hydrogen) atoms. The molecule has 1 aromatic heterocycles. The van der Waals surface area contributed by atoms with Crippen molar-refractivity contribution >= 4 is 12.0 Å². The van der Waals surface area contributed by atoms with Gasteiger partial charge in [0, 0.05) is 18.7 Å². The highest BCUT2D eigenvalue weighted by molar-refractivity contribution is 5.94. The molecule has 10 nitrogen and oxygen atoms in total. The van der Waals surface area contributed by atoms with Crippen molar-refractivity contribution in [1.29, 1.82) is 0 Å². The number of carbonyl (C=O) groups is 2. The van der Waals surface area contributed by atoms with E-state index in [1.54, 1.807) is 11.8 Å². The summed E-state index contributed by atoms with van der Waals surface area (Å²) >= 11 is 0. The van der Waals surface area contributed by atoms with Crippen molar-refractivity contribution in [3.8, 4) is 23.0 Å². The Hall–Kier alpha value is -3.41. The molecule has 0 unspecified atom stereocenters. The fraction of sp³-hybridized carbons (Fsp3) is 0.560. The first-order chi connectivity index (χ1) is 17.8. The van der Waals surface area contributed by atoms with Crippen molar-refractivity contribution in [3.05, 3.63) is 29.7 Å². The number of alkyl carbamates (subject to hydrolysis) is 1. The van der Waals surface area contributed by atoms with Gasteiger partial charge >= 0.3 is 12.7 Å². The topological polar surface area (TPSA) is 129 Å². The van der Waals surface area contributed by atoms with E-state index in [2.05, 4.69) is 15.0 Å². The lowest BCUT2D eigenvalue weighted by Gasteiger charge is -2.16. The zero-order chi connectivity index (χ0) is 26.1. The van der Waals surface area contributed by atoms with Crippen LogP contribution in [0.2, 0.25) is 0 Å². The Labute approximate surface area is 212 Å². The van der Waals surface area contributed by atoms with Gasteiger partial charge in [0.15, 0.2) is 23.0 Å². The molecule has 12 heteroatoms. The summed E-state index contributed by atoms with van der Waals surface area (Å²) < 4.78 is 47.2. The standard InChI is InChI=1S/C25H30F2N4O6/c1-13(28)21-20(23(32)31-9-8-16(11-31)29-25(33)35-17-5-6-17)30-22(37-21)15-4-7-18(36-24(26)27)19(10-15)34-12-14-2-3-14/h4,7,10,13-14,16-17,24H,2-3,5-6,8-9,11-12,28H2,1H3,(H,29,33)/t13-,16+/m0/s1. The van der Waals surface area contributed by atoms with Gasteiger partial charge < -0.3 is 34.6 Å². The van der Waals surface area contributed by atoms with Gasteiger partial charge in [-0.3, -0.25) is 4.79 Å². The number of alkyl halides is 2. The number of oxazole rings is 1. The second-order valence-electron chi connectivity index (χ2n) is 9.80. The predicted octanol–water partition coefficient (Wildman–Crippen LogP) is 3.85. The third-order valence-corrected chi connectivity index (χ3v) is 6.44. The summed E-state index contributed by atoms with van der Waals surface area (Å²) in [7, 11) is 0. The number of nitrogens with two attached hydrogens (primary N) is 1. The van der Waals surface area contributed by atoms with E-state index >= 15 is 0 Å². The number of nitrogens with one attached hydrogen (secondary N) is 1. The molecule has 1 aromatic carbocycles. The number of amides is 2. The lowest BCUT2D eigenvalue weighted by atomic mass is 10.2. The molecular weight excluding hydrogens is 490 g/mol. The molecule has 2 aliphatic carbocycles. The number of aromatic nitrogens is 1. The van der Waals surface area contributed by atoms with Crippen molar-refractivity contribution in [2.45, 2.75) is 63.8 Å². The minimum Gasteiger partial charge on any atom is -0.489 e. The maximum Gasteiger partial charge on any atom is 0.407 e. The number of nitrogens with zero attached hydrogens (tertiary/aromatic N) is 2. The van der Waals surface area contributed by atoms with Crippen LogP contribution in [-0.4, -0.2) is 60.3 Å². The van der Waals surface area contributed by atoms with Crippen LogP contribution in [0.1, 0.15) is 61.3 Å². The van der Waals surface area contributed by atoms with Gasteiger partial charge in [0.1, 0.15) is 6.10 Å². The maximum atomic E-state index is 13.3. The van der Waals surface area contributed by atoms with Crippen LogP contribution in [0.4, 0.5) is 13.6 Å². The molecule has 2 aromatic rings. The highest BCUT2D eigenvalue weighted by atomic mass is 19.3. The molecule has 2 heterocycles. The molecule has 2 saturated carbocycles. The van der Waals surface area contributed by atoms with Crippen LogP contribution >= 0.6 is 0 Å². The smallest absolute Gasteiger partial charge is 0.407 e. The second kappa shape index (κ2) is 10.5. The number of rotatable bonds is 10. The van der Waals surface area contributed by atoms with Crippen molar-refractivity contribution in [3.63, 3.8) is 0 Å². The molecule has 5 rings (SSSR count). The van der Waals surface area contributed by atoms with E-state index < -0.39 is 18.7 Å². The molecule has 0 bridgehead atoms. The average molecular weight is 521 g/mol. The minimum atomic E-state index is -3.00. The largest absolute Gasteiger partial charge is 0.489 e. The van der Waals surface area contributed by atoms with Crippen LogP contribution in [0.3, 0.4) is 0 Å². The summed E-state index contributed by atoms with van der Waals surface area (Å²) in [6, 6.07) is 3.52. The Morgan fingerprint density at radius 1 is 1.22 bits per heavy atom. The molecule has 1 saturated heterocycles. The number of benzene rings is 1. The molecule has 3 aliphatic rings. The first kappa shape index (κ1) is 25.2. The van der Waals surface area contributed by atoms with Crippen LogP contribution in [-0.2, 0) is 4.74 Å². The third kappa shape index (κ3) is 6.30. The minimum absolute atomic E-state index is 0.00286. The number of likely N-dealkylation sites (tertiary alicyclic amines) is 1. The molecule has 2 atom stereocenters. The monoisotopic (exact) mass is 520 g/mol. The highest BCUT2D eigenvalue weighted by Gasteiger charge is 2.34.